The number of fused-ring (bicyclic) bond motifs is 3. The Morgan fingerprint density at radius 3 is 2.76 bits per heavy atom. The van der Waals surface area contributed by atoms with Gasteiger partial charge in [-0.3, -0.25) is 4.79 Å². The highest BCUT2D eigenvalue weighted by atomic mass is 16.4. The Kier molecular flexibility index (Phi) is 2.81. The molecular formula is C17H20N2O2. The van der Waals surface area contributed by atoms with Crippen LogP contribution < -0.4 is 0 Å². The Bertz CT molecular complexity index is 711. The topological polar surface area (TPSA) is 55.1 Å². The van der Waals surface area contributed by atoms with Crippen LogP contribution >= 0.6 is 0 Å². The fourth-order valence-corrected chi connectivity index (χ4v) is 4.09. The van der Waals surface area contributed by atoms with Gasteiger partial charge >= 0.3 is 5.97 Å². The molecule has 4 heteroatoms. The van der Waals surface area contributed by atoms with Crippen LogP contribution in [0.4, 0.5) is 0 Å². The minimum Gasteiger partial charge on any atom is -0.481 e. The van der Waals surface area contributed by atoms with Crippen LogP contribution in [0, 0.1) is 0 Å². The first kappa shape index (κ1) is 12.9. The summed E-state index contributed by atoms with van der Waals surface area (Å²) in [4.78, 5) is 16.6. The normalized spacial score (nSPS) is 20.6. The van der Waals surface area contributed by atoms with Gasteiger partial charge in [0.15, 0.2) is 0 Å². The average Bonchev–Trinajstić information content (AvgIpc) is 3.08. The van der Waals surface area contributed by atoms with Crippen LogP contribution in [0.2, 0.25) is 0 Å². The predicted octanol–water partition coefficient (Wildman–Crippen LogP) is 3.27. The van der Waals surface area contributed by atoms with Crippen molar-refractivity contribution < 1.29 is 9.90 Å². The molecule has 110 valence electrons. The standard InChI is InChI=1S/C17H20N2O2/c20-16(21)17(8-2-1-3-9-17)12-6-7-13-14(11-12)19-10-4-5-15(19)18-13/h6-7,11H,1-5,8-10H2,(H,20,21). The highest BCUT2D eigenvalue weighted by molar-refractivity contribution is 5.85. The van der Waals surface area contributed by atoms with E-state index in [4.69, 9.17) is 0 Å². The number of imidazole rings is 1. The first-order valence-electron chi connectivity index (χ1n) is 7.94. The number of carbonyl (C=O) groups is 1. The van der Waals surface area contributed by atoms with Gasteiger partial charge in [0.25, 0.3) is 0 Å². The second-order valence-electron chi connectivity index (χ2n) is 6.43. The van der Waals surface area contributed by atoms with Gasteiger partial charge in [0.2, 0.25) is 0 Å². The van der Waals surface area contributed by atoms with Crippen molar-refractivity contribution in [3.05, 3.63) is 29.6 Å². The Balaban J connectivity index is 1.87. The average molecular weight is 284 g/mol. The van der Waals surface area contributed by atoms with E-state index < -0.39 is 11.4 Å². The zero-order chi connectivity index (χ0) is 14.4. The summed E-state index contributed by atoms with van der Waals surface area (Å²) in [7, 11) is 0. The molecule has 4 rings (SSSR count). The third-order valence-corrected chi connectivity index (χ3v) is 5.28. The van der Waals surface area contributed by atoms with E-state index >= 15 is 0 Å². The summed E-state index contributed by atoms with van der Waals surface area (Å²) in [5, 5.41) is 9.84. The summed E-state index contributed by atoms with van der Waals surface area (Å²) in [6, 6.07) is 6.09. The number of hydrogen-bond acceptors (Lipinski definition) is 2. The summed E-state index contributed by atoms with van der Waals surface area (Å²) in [5.74, 6) is 0.484. The van der Waals surface area contributed by atoms with Crippen molar-refractivity contribution in [2.24, 2.45) is 0 Å². The number of benzene rings is 1. The van der Waals surface area contributed by atoms with E-state index in [1.165, 1.54) is 0 Å². The van der Waals surface area contributed by atoms with Crippen LogP contribution in [0.15, 0.2) is 18.2 Å². The van der Waals surface area contributed by atoms with Crippen LogP contribution in [0.1, 0.15) is 49.9 Å². The Morgan fingerprint density at radius 2 is 2.00 bits per heavy atom. The Morgan fingerprint density at radius 1 is 1.19 bits per heavy atom. The molecule has 1 aliphatic carbocycles. The van der Waals surface area contributed by atoms with Crippen LogP contribution in [0.3, 0.4) is 0 Å². The monoisotopic (exact) mass is 284 g/mol. The van der Waals surface area contributed by atoms with Crippen molar-refractivity contribution in [1.82, 2.24) is 9.55 Å². The molecule has 0 unspecified atom stereocenters. The lowest BCUT2D eigenvalue weighted by atomic mass is 9.69. The van der Waals surface area contributed by atoms with Crippen LogP contribution in [0.25, 0.3) is 11.0 Å². The van der Waals surface area contributed by atoms with Crippen LogP contribution in [-0.4, -0.2) is 20.6 Å². The van der Waals surface area contributed by atoms with Crippen molar-refractivity contribution in [2.45, 2.75) is 56.9 Å². The summed E-state index contributed by atoms with van der Waals surface area (Å²) in [6.07, 6.45) is 6.87. The van der Waals surface area contributed by atoms with Gasteiger partial charge in [-0.2, -0.15) is 0 Å². The Labute approximate surface area is 123 Å². The van der Waals surface area contributed by atoms with Crippen molar-refractivity contribution in [3.8, 4) is 0 Å². The van der Waals surface area contributed by atoms with Gasteiger partial charge < -0.3 is 9.67 Å². The second-order valence-corrected chi connectivity index (χ2v) is 6.43. The highest BCUT2D eigenvalue weighted by Crippen LogP contribution is 2.41. The maximum Gasteiger partial charge on any atom is 0.314 e. The molecule has 4 nitrogen and oxygen atoms in total. The summed E-state index contributed by atoms with van der Waals surface area (Å²) in [6.45, 7) is 1.01. The molecule has 0 radical (unpaired) electrons. The molecule has 1 N–H and O–H groups in total. The molecule has 2 heterocycles. The minimum absolute atomic E-state index is 0.664. The molecule has 1 saturated carbocycles. The summed E-state index contributed by atoms with van der Waals surface area (Å²) < 4.78 is 2.26. The minimum atomic E-state index is -0.685. The van der Waals surface area contributed by atoms with Crippen molar-refractivity contribution in [2.75, 3.05) is 0 Å². The number of aryl methyl sites for hydroxylation is 2. The van der Waals surface area contributed by atoms with Gasteiger partial charge in [0, 0.05) is 13.0 Å². The zero-order valence-corrected chi connectivity index (χ0v) is 12.1. The highest BCUT2D eigenvalue weighted by Gasteiger charge is 2.41. The van der Waals surface area contributed by atoms with E-state index in [1.54, 1.807) is 0 Å². The molecule has 0 amide bonds. The third kappa shape index (κ3) is 1.81. The van der Waals surface area contributed by atoms with Gasteiger partial charge in [0.1, 0.15) is 5.82 Å². The number of hydrogen-bond donors (Lipinski definition) is 1. The van der Waals surface area contributed by atoms with E-state index in [1.807, 2.05) is 12.1 Å². The molecule has 0 spiro atoms. The zero-order valence-electron chi connectivity index (χ0n) is 12.1. The Hall–Kier alpha value is -1.84. The van der Waals surface area contributed by atoms with Crippen molar-refractivity contribution in [3.63, 3.8) is 0 Å². The summed E-state index contributed by atoms with van der Waals surface area (Å²) >= 11 is 0. The molecule has 1 aromatic carbocycles. The van der Waals surface area contributed by atoms with Crippen LogP contribution in [0.5, 0.6) is 0 Å². The van der Waals surface area contributed by atoms with Crippen molar-refractivity contribution >= 4 is 17.0 Å². The lowest BCUT2D eigenvalue weighted by Crippen LogP contribution is -2.37. The smallest absolute Gasteiger partial charge is 0.314 e. The van der Waals surface area contributed by atoms with E-state index in [2.05, 4.69) is 15.6 Å². The van der Waals surface area contributed by atoms with Gasteiger partial charge in [0.05, 0.1) is 16.4 Å². The number of rotatable bonds is 2. The second kappa shape index (κ2) is 4.58. The molecular weight excluding hydrogens is 264 g/mol. The fraction of sp³-hybridized carbons (Fsp3) is 0.529. The molecule has 1 aromatic heterocycles. The molecule has 2 aromatic rings. The quantitative estimate of drug-likeness (QED) is 0.920. The summed E-state index contributed by atoms with van der Waals surface area (Å²) in [5.41, 5.74) is 2.41. The molecule has 2 aliphatic rings. The largest absolute Gasteiger partial charge is 0.481 e. The van der Waals surface area contributed by atoms with Gasteiger partial charge in [-0.1, -0.05) is 25.3 Å². The third-order valence-electron chi connectivity index (χ3n) is 5.28. The first-order valence-corrected chi connectivity index (χ1v) is 7.94. The number of nitrogens with zero attached hydrogens (tertiary/aromatic N) is 2. The lowest BCUT2D eigenvalue weighted by molar-refractivity contribution is -0.145. The van der Waals surface area contributed by atoms with Gasteiger partial charge in [-0.05, 0) is 37.0 Å². The van der Waals surface area contributed by atoms with Crippen molar-refractivity contribution in [1.29, 1.82) is 0 Å². The fourth-order valence-electron chi connectivity index (χ4n) is 4.09. The first-order chi connectivity index (χ1) is 10.2. The van der Waals surface area contributed by atoms with E-state index in [0.29, 0.717) is 0 Å². The molecule has 1 aliphatic heterocycles. The lowest BCUT2D eigenvalue weighted by Gasteiger charge is -2.33. The maximum atomic E-state index is 12.0. The number of aromatic nitrogens is 2. The molecule has 0 bridgehead atoms. The number of carboxylic acids is 1. The van der Waals surface area contributed by atoms with E-state index in [-0.39, 0.29) is 0 Å². The van der Waals surface area contributed by atoms with E-state index in [9.17, 15) is 9.90 Å². The molecule has 0 atom stereocenters. The van der Waals surface area contributed by atoms with Crippen LogP contribution in [-0.2, 0) is 23.2 Å². The maximum absolute atomic E-state index is 12.0. The van der Waals surface area contributed by atoms with Gasteiger partial charge in [-0.15, -0.1) is 0 Å². The van der Waals surface area contributed by atoms with E-state index in [0.717, 1.165) is 73.9 Å². The molecule has 1 fully saturated rings. The van der Waals surface area contributed by atoms with Gasteiger partial charge in [-0.25, -0.2) is 4.98 Å². The number of carboxylic acid groups (broad SMARTS) is 1. The molecule has 21 heavy (non-hydrogen) atoms. The SMILES string of the molecule is O=C(O)C1(c2ccc3nc4n(c3c2)CCC4)CCCCC1. The number of aliphatic carboxylic acids is 1. The predicted molar refractivity (Wildman–Crippen MR) is 80.5 cm³/mol. The molecule has 0 saturated heterocycles.